The number of ether oxygens (including phenoxy) is 1. The van der Waals surface area contributed by atoms with Crippen LogP contribution in [0.1, 0.15) is 129 Å². The number of carbonyl (C=O) groups is 2. The van der Waals surface area contributed by atoms with Crippen LogP contribution >= 0.6 is 0 Å². The molecule has 0 bridgehead atoms. The Labute approximate surface area is 219 Å². The van der Waals surface area contributed by atoms with E-state index in [2.05, 4.69) is 19.1 Å². The van der Waals surface area contributed by atoms with Gasteiger partial charge in [-0.15, -0.1) is 0 Å². The summed E-state index contributed by atoms with van der Waals surface area (Å²) < 4.78 is 5.35. The minimum atomic E-state index is -1.10. The van der Waals surface area contributed by atoms with Crippen molar-refractivity contribution in [2.24, 2.45) is 11.8 Å². The fourth-order valence-electron chi connectivity index (χ4n) is 4.50. The Morgan fingerprint density at radius 1 is 0.750 bits per heavy atom. The third-order valence-electron chi connectivity index (χ3n) is 6.52. The number of carboxylic acids is 1. The summed E-state index contributed by atoms with van der Waals surface area (Å²) in [5.74, 6) is -2.59. The largest absolute Gasteiger partial charge is 1.00 e. The Bertz CT molecular complexity index is 492. The van der Waals surface area contributed by atoms with Gasteiger partial charge in [0.1, 0.15) is 0 Å². The van der Waals surface area contributed by atoms with Gasteiger partial charge in [-0.2, -0.15) is 0 Å². The van der Waals surface area contributed by atoms with Crippen molar-refractivity contribution >= 4 is 11.9 Å². The van der Waals surface area contributed by atoms with Gasteiger partial charge in [0.15, 0.2) is 0 Å². The van der Waals surface area contributed by atoms with E-state index in [9.17, 15) is 14.7 Å². The number of carbonyl (C=O) groups excluding carboxylic acids is 2. The van der Waals surface area contributed by atoms with Crippen LogP contribution in [-0.4, -0.2) is 18.5 Å². The Kier molecular flexibility index (Phi) is 22.2. The van der Waals surface area contributed by atoms with Crippen molar-refractivity contribution in [2.75, 3.05) is 6.61 Å². The Morgan fingerprint density at radius 3 is 1.75 bits per heavy atom. The summed E-state index contributed by atoms with van der Waals surface area (Å²) in [5.41, 5.74) is 0. The molecule has 0 radical (unpaired) electrons. The SMILES string of the molecule is CCCCC/C=C/CCCCCCCCCCCCOC(=O)C1CCCCC1C(=O)[O-].[Na+]. The molecule has 2 atom stereocenters. The first-order valence-electron chi connectivity index (χ1n) is 13.2. The zero-order valence-corrected chi connectivity index (χ0v) is 23.1. The summed E-state index contributed by atoms with van der Waals surface area (Å²) in [5, 5.41) is 11.2. The molecule has 0 aliphatic heterocycles. The monoisotopic (exact) mass is 458 g/mol. The standard InChI is InChI=1S/C27H48O4.Na/c1-2-3-4-5-6-7-8-9-10-11-12-13-14-15-16-17-20-23-31-27(30)25-22-19-18-21-24(25)26(28)29;/h6-7,24-25H,2-5,8-23H2,1H3,(H,28,29);/q;+1/p-1/b7-6+;. The number of hydrogen-bond acceptors (Lipinski definition) is 4. The van der Waals surface area contributed by atoms with Crippen molar-refractivity contribution in [3.8, 4) is 0 Å². The van der Waals surface area contributed by atoms with E-state index in [0.717, 1.165) is 25.7 Å². The molecule has 0 aromatic heterocycles. The van der Waals surface area contributed by atoms with Gasteiger partial charge in [-0.3, -0.25) is 4.79 Å². The third-order valence-corrected chi connectivity index (χ3v) is 6.52. The molecule has 0 saturated heterocycles. The van der Waals surface area contributed by atoms with Gasteiger partial charge < -0.3 is 14.6 Å². The molecule has 32 heavy (non-hydrogen) atoms. The van der Waals surface area contributed by atoms with Crippen molar-refractivity contribution in [2.45, 2.75) is 129 Å². The minimum absolute atomic E-state index is 0. The van der Waals surface area contributed by atoms with Crippen LogP contribution in [0.5, 0.6) is 0 Å². The fraction of sp³-hybridized carbons (Fsp3) is 0.852. The van der Waals surface area contributed by atoms with Crippen LogP contribution in [0.2, 0.25) is 0 Å². The molecule has 0 N–H and O–H groups in total. The van der Waals surface area contributed by atoms with E-state index in [1.807, 2.05) is 0 Å². The molecule has 4 nitrogen and oxygen atoms in total. The summed E-state index contributed by atoms with van der Waals surface area (Å²) >= 11 is 0. The van der Waals surface area contributed by atoms with Gasteiger partial charge in [0.05, 0.1) is 12.5 Å². The van der Waals surface area contributed by atoms with Crippen molar-refractivity contribution in [1.82, 2.24) is 0 Å². The third kappa shape index (κ3) is 16.3. The first-order valence-corrected chi connectivity index (χ1v) is 13.2. The van der Waals surface area contributed by atoms with E-state index in [0.29, 0.717) is 19.4 Å². The molecule has 0 amide bonds. The molecule has 0 aromatic carbocycles. The van der Waals surface area contributed by atoms with E-state index in [-0.39, 0.29) is 35.5 Å². The minimum Gasteiger partial charge on any atom is -0.550 e. The van der Waals surface area contributed by atoms with Crippen LogP contribution in [0.25, 0.3) is 0 Å². The maximum atomic E-state index is 12.2. The molecule has 2 unspecified atom stereocenters. The number of allylic oxidation sites excluding steroid dienone is 2. The number of hydrogen-bond donors (Lipinski definition) is 0. The second-order valence-electron chi connectivity index (χ2n) is 9.28. The number of esters is 1. The Balaban J connectivity index is 0.00000961. The summed E-state index contributed by atoms with van der Waals surface area (Å²) in [7, 11) is 0. The predicted octanol–water partition coefficient (Wildman–Crippen LogP) is 3.52. The van der Waals surface area contributed by atoms with Crippen LogP contribution in [0, 0.1) is 11.8 Å². The smallest absolute Gasteiger partial charge is 0.550 e. The van der Waals surface area contributed by atoms with Gasteiger partial charge in [0, 0.05) is 11.9 Å². The average Bonchev–Trinajstić information content (AvgIpc) is 2.78. The number of carboxylic acid groups (broad SMARTS) is 1. The van der Waals surface area contributed by atoms with E-state index < -0.39 is 17.8 Å². The van der Waals surface area contributed by atoms with Crippen molar-refractivity contribution < 1.29 is 49.0 Å². The van der Waals surface area contributed by atoms with Crippen molar-refractivity contribution in [3.63, 3.8) is 0 Å². The van der Waals surface area contributed by atoms with E-state index in [1.54, 1.807) is 0 Å². The molecule has 1 aliphatic carbocycles. The van der Waals surface area contributed by atoms with Gasteiger partial charge >= 0.3 is 35.5 Å². The number of rotatable bonds is 19. The molecule has 1 aliphatic rings. The topological polar surface area (TPSA) is 66.4 Å². The molecule has 0 heterocycles. The van der Waals surface area contributed by atoms with Gasteiger partial charge in [0.2, 0.25) is 0 Å². The molecule has 0 spiro atoms. The summed E-state index contributed by atoms with van der Waals surface area (Å²) in [4.78, 5) is 23.4. The van der Waals surface area contributed by atoms with Gasteiger partial charge in [-0.1, -0.05) is 96.1 Å². The van der Waals surface area contributed by atoms with Crippen LogP contribution in [0.3, 0.4) is 0 Å². The predicted molar refractivity (Wildman–Crippen MR) is 125 cm³/mol. The van der Waals surface area contributed by atoms with Gasteiger partial charge in [0.25, 0.3) is 0 Å². The van der Waals surface area contributed by atoms with E-state index in [1.165, 1.54) is 83.5 Å². The number of aliphatic carboxylic acids is 1. The van der Waals surface area contributed by atoms with Crippen molar-refractivity contribution in [1.29, 1.82) is 0 Å². The molecule has 1 saturated carbocycles. The first kappa shape index (κ1) is 31.7. The van der Waals surface area contributed by atoms with E-state index in [4.69, 9.17) is 4.74 Å². The second-order valence-corrected chi connectivity index (χ2v) is 9.28. The summed E-state index contributed by atoms with van der Waals surface area (Å²) in [6, 6.07) is 0. The Morgan fingerprint density at radius 2 is 1.22 bits per heavy atom. The molecule has 0 aromatic rings. The molecule has 1 rings (SSSR count). The quantitative estimate of drug-likeness (QED) is 0.129. The zero-order valence-electron chi connectivity index (χ0n) is 21.1. The maximum absolute atomic E-state index is 12.2. The fourth-order valence-corrected chi connectivity index (χ4v) is 4.50. The maximum Gasteiger partial charge on any atom is 1.00 e. The molecule has 5 heteroatoms. The van der Waals surface area contributed by atoms with Crippen LogP contribution in [0.4, 0.5) is 0 Å². The normalized spacial score (nSPS) is 18.4. The summed E-state index contributed by atoms with van der Waals surface area (Å²) in [6.45, 7) is 2.67. The molecule has 180 valence electrons. The van der Waals surface area contributed by atoms with Crippen LogP contribution in [-0.2, 0) is 14.3 Å². The first-order chi connectivity index (χ1) is 15.2. The molecular formula is C27H47NaO4. The molecule has 1 fully saturated rings. The Hall–Kier alpha value is -0.320. The van der Waals surface area contributed by atoms with Crippen molar-refractivity contribution in [3.05, 3.63) is 12.2 Å². The summed E-state index contributed by atoms with van der Waals surface area (Å²) in [6.07, 6.45) is 26.5. The van der Waals surface area contributed by atoms with Gasteiger partial charge in [-0.25, -0.2) is 0 Å². The van der Waals surface area contributed by atoms with E-state index >= 15 is 0 Å². The molecular weight excluding hydrogens is 411 g/mol. The zero-order chi connectivity index (χ0) is 22.6. The number of unbranched alkanes of at least 4 members (excludes halogenated alkanes) is 13. The average molecular weight is 459 g/mol. The van der Waals surface area contributed by atoms with Gasteiger partial charge in [-0.05, 0) is 44.9 Å². The van der Waals surface area contributed by atoms with Crippen LogP contribution in [0.15, 0.2) is 12.2 Å². The second kappa shape index (κ2) is 22.5. The van der Waals surface area contributed by atoms with Crippen LogP contribution < -0.4 is 34.7 Å².